The van der Waals surface area contributed by atoms with E-state index in [1.165, 1.54) is 19.1 Å². The van der Waals surface area contributed by atoms with E-state index in [1.807, 2.05) is 0 Å². The molecule has 0 aliphatic heterocycles. The first-order valence-corrected chi connectivity index (χ1v) is 10.0. The van der Waals surface area contributed by atoms with Crippen LogP contribution in [0.3, 0.4) is 0 Å². The summed E-state index contributed by atoms with van der Waals surface area (Å²) in [5.41, 5.74) is -3.87. The van der Waals surface area contributed by atoms with Crippen LogP contribution in [0.4, 0.5) is 36.4 Å². The van der Waals surface area contributed by atoms with Gasteiger partial charge in [0.1, 0.15) is 5.69 Å². The minimum atomic E-state index is -4.57. The van der Waals surface area contributed by atoms with E-state index >= 15 is 0 Å². The number of carboxylic acids is 1. The number of aliphatic carboxylic acids is 1. The summed E-state index contributed by atoms with van der Waals surface area (Å²) < 4.78 is 100. The van der Waals surface area contributed by atoms with Crippen LogP contribution in [0.25, 0.3) is 0 Å². The van der Waals surface area contributed by atoms with Crippen LogP contribution in [-0.4, -0.2) is 36.0 Å². The van der Waals surface area contributed by atoms with Crippen molar-refractivity contribution < 1.29 is 55.0 Å². The molecule has 1 atom stereocenters. The smallest absolute Gasteiger partial charge is 0.416 e. The molecule has 0 aliphatic rings. The number of nitrogens with one attached hydrogen (secondary N) is 1. The van der Waals surface area contributed by atoms with Crippen molar-refractivity contribution >= 4 is 23.4 Å². The molecule has 35 heavy (non-hydrogen) atoms. The van der Waals surface area contributed by atoms with E-state index in [9.17, 15) is 45.1 Å². The van der Waals surface area contributed by atoms with Gasteiger partial charge in [0.15, 0.2) is 29.1 Å². The normalized spacial score (nSPS) is 12.2. The van der Waals surface area contributed by atoms with E-state index in [4.69, 9.17) is 5.11 Å². The van der Waals surface area contributed by atoms with Gasteiger partial charge in [-0.05, 0) is 31.4 Å². The Morgan fingerprint density at radius 2 is 1.63 bits per heavy atom. The molecule has 2 N–H and O–H groups in total. The molecule has 2 rings (SSSR count). The third kappa shape index (κ3) is 6.28. The maximum atomic E-state index is 14.5. The molecule has 1 unspecified atom stereocenters. The topological polar surface area (TPSA) is 92.7 Å². The molecule has 0 aliphatic carbocycles. The summed E-state index contributed by atoms with van der Waals surface area (Å²) in [6.07, 6.45) is -4.56. The Kier molecular flexibility index (Phi) is 8.83. The van der Waals surface area contributed by atoms with E-state index < -0.39 is 69.9 Å². The molecular formula is C22H18F7NO5. The first-order valence-electron chi connectivity index (χ1n) is 10.0. The predicted molar refractivity (Wildman–Crippen MR) is 107 cm³/mol. The Bertz CT molecular complexity index is 1100. The number of ether oxygens (including phenoxy) is 1. The van der Waals surface area contributed by atoms with E-state index in [2.05, 4.69) is 10.1 Å². The largest absolute Gasteiger partial charge is 0.480 e. The number of ketones is 1. The highest BCUT2D eigenvalue weighted by molar-refractivity contribution is 6.20. The van der Waals surface area contributed by atoms with Gasteiger partial charge in [0.25, 0.3) is 0 Å². The number of carbonyl (C=O) groups excluding carboxylic acids is 2. The summed E-state index contributed by atoms with van der Waals surface area (Å²) >= 11 is 0. The summed E-state index contributed by atoms with van der Waals surface area (Å²) in [5.74, 6) is -17.2. The second-order valence-corrected chi connectivity index (χ2v) is 7.12. The molecule has 0 bridgehead atoms. The molecule has 0 saturated heterocycles. The fraction of sp³-hybridized carbons (Fsp3) is 0.318. The van der Waals surface area contributed by atoms with E-state index in [0.717, 1.165) is 12.1 Å². The number of esters is 1. The van der Waals surface area contributed by atoms with Crippen LogP contribution >= 0.6 is 0 Å². The predicted octanol–water partition coefficient (Wildman–Crippen LogP) is 4.75. The zero-order valence-electron chi connectivity index (χ0n) is 17.9. The van der Waals surface area contributed by atoms with Crippen molar-refractivity contribution in [2.24, 2.45) is 5.92 Å². The highest BCUT2D eigenvalue weighted by atomic mass is 19.4. The van der Waals surface area contributed by atoms with E-state index in [-0.39, 0.29) is 31.6 Å². The summed E-state index contributed by atoms with van der Waals surface area (Å²) in [7, 11) is 0. The Labute approximate surface area is 193 Å². The lowest BCUT2D eigenvalue weighted by atomic mass is 9.96. The van der Waals surface area contributed by atoms with Crippen LogP contribution in [0.5, 0.6) is 0 Å². The summed E-state index contributed by atoms with van der Waals surface area (Å²) in [6.45, 7) is 0.541. The molecule has 0 amide bonds. The number of halogens is 7. The minimum absolute atomic E-state index is 0.00590. The first kappa shape index (κ1) is 27.6. The highest BCUT2D eigenvalue weighted by Crippen LogP contribution is 2.31. The molecule has 190 valence electrons. The maximum Gasteiger partial charge on any atom is 0.416 e. The van der Waals surface area contributed by atoms with Gasteiger partial charge in [-0.15, -0.1) is 0 Å². The average molecular weight is 509 g/mol. The van der Waals surface area contributed by atoms with Crippen LogP contribution in [0.2, 0.25) is 0 Å². The minimum Gasteiger partial charge on any atom is -0.480 e. The second kappa shape index (κ2) is 11.2. The van der Waals surface area contributed by atoms with Crippen molar-refractivity contribution in [3.63, 3.8) is 0 Å². The van der Waals surface area contributed by atoms with Gasteiger partial charge in [0, 0.05) is 6.54 Å². The van der Waals surface area contributed by atoms with Crippen LogP contribution in [0.1, 0.15) is 34.8 Å². The van der Waals surface area contributed by atoms with Crippen molar-refractivity contribution in [3.8, 4) is 0 Å². The lowest BCUT2D eigenvalue weighted by molar-refractivity contribution is -0.155. The van der Waals surface area contributed by atoms with Gasteiger partial charge >= 0.3 is 18.1 Å². The van der Waals surface area contributed by atoms with E-state index in [0.29, 0.717) is 0 Å². The molecule has 0 heterocycles. The number of carbonyl (C=O) groups is 3. The van der Waals surface area contributed by atoms with Crippen LogP contribution in [0, 0.1) is 29.2 Å². The number of aryl methyl sites for hydroxylation is 1. The molecule has 0 spiro atoms. The molecule has 6 nitrogen and oxygen atoms in total. The quantitative estimate of drug-likeness (QED) is 0.120. The van der Waals surface area contributed by atoms with Gasteiger partial charge < -0.3 is 15.2 Å². The lowest BCUT2D eigenvalue weighted by Crippen LogP contribution is -2.35. The van der Waals surface area contributed by atoms with Crippen LogP contribution in [-0.2, 0) is 26.9 Å². The molecule has 0 saturated carbocycles. The zero-order valence-corrected chi connectivity index (χ0v) is 17.9. The summed E-state index contributed by atoms with van der Waals surface area (Å²) in [5, 5.41) is 11.1. The van der Waals surface area contributed by atoms with Gasteiger partial charge in [0.05, 0.1) is 17.7 Å². The fourth-order valence-electron chi connectivity index (χ4n) is 3.10. The third-order valence-corrected chi connectivity index (χ3v) is 4.74. The third-order valence-electron chi connectivity index (χ3n) is 4.74. The second-order valence-electron chi connectivity index (χ2n) is 7.12. The van der Waals surface area contributed by atoms with Crippen molar-refractivity contribution in [2.45, 2.75) is 25.9 Å². The SMILES string of the molecule is CCOC(=O)C(C(=O)O)C(=O)c1c(F)c(F)c(NCCCc2cccc(C(F)(F)F)c2)c(F)c1F. The fourth-order valence-corrected chi connectivity index (χ4v) is 3.10. The summed E-state index contributed by atoms with van der Waals surface area (Å²) in [6, 6.07) is 4.30. The molecule has 2 aromatic rings. The number of alkyl halides is 3. The van der Waals surface area contributed by atoms with Crippen LogP contribution in [0.15, 0.2) is 24.3 Å². The van der Waals surface area contributed by atoms with Gasteiger partial charge in [0.2, 0.25) is 5.92 Å². The zero-order chi connectivity index (χ0) is 26.5. The monoisotopic (exact) mass is 509 g/mol. The lowest BCUT2D eigenvalue weighted by Gasteiger charge is -2.15. The average Bonchev–Trinajstić information content (AvgIpc) is 2.77. The molecule has 0 fully saturated rings. The van der Waals surface area contributed by atoms with E-state index in [1.54, 1.807) is 0 Å². The van der Waals surface area contributed by atoms with Crippen molar-refractivity contribution in [3.05, 3.63) is 64.2 Å². The molecule has 0 radical (unpaired) electrons. The number of benzene rings is 2. The first-order chi connectivity index (χ1) is 16.3. The Balaban J connectivity index is 2.22. The number of hydrogen-bond acceptors (Lipinski definition) is 5. The van der Waals surface area contributed by atoms with Gasteiger partial charge in [-0.1, -0.05) is 18.2 Å². The van der Waals surface area contributed by atoms with Gasteiger partial charge in [-0.2, -0.15) is 13.2 Å². The van der Waals surface area contributed by atoms with Crippen molar-refractivity contribution in [1.82, 2.24) is 0 Å². The maximum absolute atomic E-state index is 14.5. The molecular weight excluding hydrogens is 491 g/mol. The van der Waals surface area contributed by atoms with Gasteiger partial charge in [-0.3, -0.25) is 14.4 Å². The molecule has 2 aromatic carbocycles. The Hall–Kier alpha value is -3.64. The Morgan fingerprint density at radius 1 is 1.03 bits per heavy atom. The van der Waals surface area contributed by atoms with Crippen molar-refractivity contribution in [1.29, 1.82) is 0 Å². The van der Waals surface area contributed by atoms with Gasteiger partial charge in [-0.25, -0.2) is 17.6 Å². The highest BCUT2D eigenvalue weighted by Gasteiger charge is 2.41. The molecule has 13 heteroatoms. The van der Waals surface area contributed by atoms with Crippen LogP contribution < -0.4 is 5.32 Å². The number of carboxylic acid groups (broad SMARTS) is 1. The Morgan fingerprint density at radius 3 is 2.14 bits per heavy atom. The number of rotatable bonds is 10. The number of anilines is 1. The number of hydrogen-bond donors (Lipinski definition) is 2. The summed E-state index contributed by atoms with van der Waals surface area (Å²) in [4.78, 5) is 35.2. The van der Waals surface area contributed by atoms with Crippen molar-refractivity contribution in [2.75, 3.05) is 18.5 Å². The standard InChI is InChI=1S/C22H18F7NO5/c1-2-35-21(34)13(20(32)33)19(31)12-14(23)16(25)18(17(26)15(12)24)30-8-4-6-10-5-3-7-11(9-10)22(27,28)29/h3,5,7,9,13,30H,2,4,6,8H2,1H3,(H,32,33). The number of Topliss-reactive ketones (excluding diaryl/α,β-unsaturated/α-hetero) is 1. The molecule has 0 aromatic heterocycles.